The molecule has 2 heterocycles. The van der Waals surface area contributed by atoms with E-state index < -0.39 is 40.4 Å². The van der Waals surface area contributed by atoms with E-state index in [9.17, 15) is 22.8 Å². The second-order valence-electron chi connectivity index (χ2n) is 8.00. The van der Waals surface area contributed by atoms with E-state index in [1.807, 2.05) is 13.8 Å². The first-order valence-corrected chi connectivity index (χ1v) is 10.6. The highest BCUT2D eigenvalue weighted by atomic mass is 35.5. The molecule has 0 saturated carbocycles. The molecule has 1 N–H and O–H groups in total. The SMILES string of the molecule is CCOC(=O)c1c(NC(=O)c2cc(Cl)ccc2C(F)(F)F)sc2c1C(C)(C)OC2(C)C. The molecule has 0 bridgehead atoms. The van der Waals surface area contributed by atoms with Gasteiger partial charge < -0.3 is 14.8 Å². The van der Waals surface area contributed by atoms with Crippen LogP contribution in [0.2, 0.25) is 5.02 Å². The zero-order valence-electron chi connectivity index (χ0n) is 17.5. The van der Waals surface area contributed by atoms with Gasteiger partial charge >= 0.3 is 12.1 Å². The summed E-state index contributed by atoms with van der Waals surface area (Å²) in [5.41, 5.74) is -2.76. The maximum atomic E-state index is 13.4. The van der Waals surface area contributed by atoms with Crippen molar-refractivity contribution in [2.45, 2.75) is 52.0 Å². The molecule has 0 aliphatic carbocycles. The molecule has 3 rings (SSSR count). The van der Waals surface area contributed by atoms with Crippen LogP contribution < -0.4 is 5.32 Å². The summed E-state index contributed by atoms with van der Waals surface area (Å²) in [6.45, 7) is 8.91. The number of hydrogen-bond acceptors (Lipinski definition) is 5. The van der Waals surface area contributed by atoms with Crippen molar-refractivity contribution in [1.82, 2.24) is 0 Å². The summed E-state index contributed by atoms with van der Waals surface area (Å²) in [5.74, 6) is -1.72. The topological polar surface area (TPSA) is 64.6 Å². The zero-order chi connectivity index (χ0) is 23.4. The van der Waals surface area contributed by atoms with E-state index in [1.54, 1.807) is 20.8 Å². The average Bonchev–Trinajstić information content (AvgIpc) is 3.08. The van der Waals surface area contributed by atoms with Crippen molar-refractivity contribution in [3.8, 4) is 0 Å². The third kappa shape index (κ3) is 4.31. The zero-order valence-corrected chi connectivity index (χ0v) is 19.1. The van der Waals surface area contributed by atoms with Gasteiger partial charge in [-0.25, -0.2) is 4.79 Å². The number of fused-ring (bicyclic) bond motifs is 1. The molecule has 0 fully saturated rings. The first-order chi connectivity index (χ1) is 14.2. The van der Waals surface area contributed by atoms with Crippen LogP contribution in [-0.2, 0) is 26.9 Å². The minimum atomic E-state index is -4.75. The minimum absolute atomic E-state index is 0.0203. The van der Waals surface area contributed by atoms with E-state index in [4.69, 9.17) is 21.1 Å². The van der Waals surface area contributed by atoms with Gasteiger partial charge in [-0.05, 0) is 52.8 Å². The van der Waals surface area contributed by atoms with Crippen LogP contribution in [0.3, 0.4) is 0 Å². The van der Waals surface area contributed by atoms with E-state index in [2.05, 4.69) is 5.32 Å². The molecule has 168 valence electrons. The standard InChI is InChI=1S/C21H21ClF3NO4S/c1-6-29-18(28)13-14-15(20(4,5)30-19(14,2)3)31-17(13)26-16(27)11-9-10(22)7-8-12(11)21(23,24)25/h7-9H,6H2,1-5H3,(H,26,27). The number of esters is 1. The maximum Gasteiger partial charge on any atom is 0.417 e. The van der Waals surface area contributed by atoms with Crippen molar-refractivity contribution in [3.63, 3.8) is 0 Å². The Labute approximate surface area is 186 Å². The van der Waals surface area contributed by atoms with Crippen LogP contribution in [-0.4, -0.2) is 18.5 Å². The Kier molecular flexibility index (Phi) is 5.92. The molecule has 0 radical (unpaired) electrons. The molecule has 2 aromatic rings. The summed E-state index contributed by atoms with van der Waals surface area (Å²) >= 11 is 6.92. The van der Waals surface area contributed by atoms with Crippen LogP contribution >= 0.6 is 22.9 Å². The number of benzene rings is 1. The monoisotopic (exact) mass is 475 g/mol. The van der Waals surface area contributed by atoms with E-state index in [0.717, 1.165) is 29.5 Å². The maximum absolute atomic E-state index is 13.4. The lowest BCUT2D eigenvalue weighted by Crippen LogP contribution is -2.25. The molecule has 1 aromatic heterocycles. The number of amides is 1. The molecule has 1 aliphatic heterocycles. The lowest BCUT2D eigenvalue weighted by Gasteiger charge is -2.26. The molecule has 10 heteroatoms. The lowest BCUT2D eigenvalue weighted by molar-refractivity contribution is -0.137. The molecule has 31 heavy (non-hydrogen) atoms. The fraction of sp³-hybridized carbons (Fsp3) is 0.429. The van der Waals surface area contributed by atoms with Crippen molar-refractivity contribution in [2.75, 3.05) is 11.9 Å². The first-order valence-electron chi connectivity index (χ1n) is 9.42. The molecule has 5 nitrogen and oxygen atoms in total. The summed E-state index contributed by atoms with van der Waals surface area (Å²) in [4.78, 5) is 26.3. The second kappa shape index (κ2) is 7.79. The average molecular weight is 476 g/mol. The largest absolute Gasteiger partial charge is 0.462 e. The van der Waals surface area contributed by atoms with Gasteiger partial charge in [-0.2, -0.15) is 13.2 Å². The van der Waals surface area contributed by atoms with Crippen LogP contribution in [0.5, 0.6) is 0 Å². The number of carbonyl (C=O) groups excluding carboxylic acids is 2. The summed E-state index contributed by atoms with van der Waals surface area (Å²) in [7, 11) is 0. The van der Waals surface area contributed by atoms with Gasteiger partial charge in [0, 0.05) is 15.5 Å². The van der Waals surface area contributed by atoms with E-state index in [0.29, 0.717) is 10.4 Å². The van der Waals surface area contributed by atoms with Gasteiger partial charge in [-0.15, -0.1) is 11.3 Å². The van der Waals surface area contributed by atoms with Crippen LogP contribution in [0, 0.1) is 0 Å². The third-order valence-electron chi connectivity index (χ3n) is 4.81. The van der Waals surface area contributed by atoms with Crippen LogP contribution in [0.25, 0.3) is 0 Å². The van der Waals surface area contributed by atoms with Gasteiger partial charge in [0.1, 0.15) is 10.6 Å². The number of ether oxygens (including phenoxy) is 2. The number of thiophene rings is 1. The Morgan fingerprint density at radius 2 is 1.84 bits per heavy atom. The Morgan fingerprint density at radius 3 is 2.42 bits per heavy atom. The molecule has 0 saturated heterocycles. The van der Waals surface area contributed by atoms with Gasteiger partial charge in [0.25, 0.3) is 5.91 Å². The smallest absolute Gasteiger partial charge is 0.417 e. The van der Waals surface area contributed by atoms with Crippen molar-refractivity contribution in [2.24, 2.45) is 0 Å². The van der Waals surface area contributed by atoms with Crippen molar-refractivity contribution in [3.05, 3.63) is 50.4 Å². The first kappa shape index (κ1) is 23.6. The van der Waals surface area contributed by atoms with Gasteiger partial charge in [-0.3, -0.25) is 4.79 Å². The van der Waals surface area contributed by atoms with Gasteiger partial charge in [-0.1, -0.05) is 11.6 Å². The molecule has 0 unspecified atom stereocenters. The highest BCUT2D eigenvalue weighted by molar-refractivity contribution is 7.17. The normalized spacial score (nSPS) is 16.7. The Bertz CT molecular complexity index is 1060. The number of carbonyl (C=O) groups is 2. The number of halogens is 4. The second-order valence-corrected chi connectivity index (χ2v) is 9.45. The highest BCUT2D eigenvalue weighted by Crippen LogP contribution is 2.54. The summed E-state index contributed by atoms with van der Waals surface area (Å²) in [6, 6.07) is 2.76. The minimum Gasteiger partial charge on any atom is -0.462 e. The molecular formula is C21H21ClF3NO4S. The van der Waals surface area contributed by atoms with Crippen molar-refractivity contribution in [1.29, 1.82) is 0 Å². The Balaban J connectivity index is 2.13. The lowest BCUT2D eigenvalue weighted by atomic mass is 9.94. The molecule has 1 amide bonds. The van der Waals surface area contributed by atoms with Gasteiger partial charge in [0.15, 0.2) is 0 Å². The summed E-state index contributed by atoms with van der Waals surface area (Å²) in [6.07, 6.45) is -4.75. The van der Waals surface area contributed by atoms with Gasteiger partial charge in [0.2, 0.25) is 0 Å². The van der Waals surface area contributed by atoms with E-state index in [1.165, 1.54) is 0 Å². The van der Waals surface area contributed by atoms with Crippen LogP contribution in [0.1, 0.15) is 71.3 Å². The van der Waals surface area contributed by atoms with E-state index in [-0.39, 0.29) is 22.2 Å². The molecular weight excluding hydrogens is 455 g/mol. The summed E-state index contributed by atoms with van der Waals surface area (Å²) < 4.78 is 51.5. The third-order valence-corrected chi connectivity index (χ3v) is 6.45. The van der Waals surface area contributed by atoms with Gasteiger partial charge in [0.05, 0.1) is 28.9 Å². The van der Waals surface area contributed by atoms with Crippen LogP contribution in [0.4, 0.5) is 18.2 Å². The molecule has 0 atom stereocenters. The Hall–Kier alpha value is -2.10. The fourth-order valence-electron chi connectivity index (χ4n) is 3.77. The molecule has 0 spiro atoms. The number of rotatable bonds is 4. The molecule has 1 aliphatic rings. The quantitative estimate of drug-likeness (QED) is 0.523. The fourth-order valence-corrected chi connectivity index (χ4v) is 5.32. The predicted octanol–water partition coefficient (Wildman–Crippen LogP) is 6.35. The molecule has 1 aromatic carbocycles. The van der Waals surface area contributed by atoms with Crippen molar-refractivity contribution >= 4 is 39.8 Å². The number of nitrogens with one attached hydrogen (secondary N) is 1. The van der Waals surface area contributed by atoms with E-state index >= 15 is 0 Å². The number of alkyl halides is 3. The van der Waals surface area contributed by atoms with Crippen molar-refractivity contribution < 1.29 is 32.2 Å². The highest BCUT2D eigenvalue weighted by Gasteiger charge is 2.49. The number of hydrogen-bond donors (Lipinski definition) is 1. The number of anilines is 1. The summed E-state index contributed by atoms with van der Waals surface area (Å²) in [5, 5.41) is 2.56. The van der Waals surface area contributed by atoms with Crippen LogP contribution in [0.15, 0.2) is 18.2 Å². The predicted molar refractivity (Wildman–Crippen MR) is 112 cm³/mol. The Morgan fingerprint density at radius 1 is 1.19 bits per heavy atom.